The normalized spacial score (nSPS) is 11.6. The predicted molar refractivity (Wildman–Crippen MR) is 225 cm³/mol. The first-order valence-electron chi connectivity index (χ1n) is 17.9. The van der Waals surface area contributed by atoms with E-state index in [1.807, 2.05) is 4.90 Å². The molecule has 6 rings (SSSR count). The number of pyridine rings is 1. The van der Waals surface area contributed by atoms with E-state index in [1.165, 1.54) is 42.1 Å². The predicted octanol–water partition coefficient (Wildman–Crippen LogP) is 8.14. The lowest BCUT2D eigenvalue weighted by molar-refractivity contribution is -0.114. The molecule has 0 radical (unpaired) electrons. The standard InChI is InChI=1S/C40H34ClN9O8S2/c1-26(51)44-36-24-31(49(21-5-6-22-59(53,54)55)30-16-14-29(41)15-17-30)18-19-34(36)46-47-38-33(25-42)37(27-9-3-2-4-10-27)48-50(38)39-35(13-8-20-43-39)45-40(52)28-11-7-12-32(23-28)60(56,57)58/h2-4,7-20,23-24H,5-6,21-22H2,1H3,(H,44,51)(H,45,52)(H,53,54,55)(H,56,57,58). The van der Waals surface area contributed by atoms with E-state index >= 15 is 0 Å². The Labute approximate surface area is 349 Å². The van der Waals surface area contributed by atoms with Gasteiger partial charge in [-0.15, -0.1) is 10.2 Å². The molecule has 0 bridgehead atoms. The van der Waals surface area contributed by atoms with Crippen molar-refractivity contribution in [3.8, 4) is 23.1 Å². The van der Waals surface area contributed by atoms with Crippen LogP contribution in [0.3, 0.4) is 0 Å². The molecule has 0 saturated heterocycles. The van der Waals surface area contributed by atoms with E-state index in [2.05, 4.69) is 31.9 Å². The number of unbranched alkanes of at least 4 members (excludes halogenated alkanes) is 1. The number of nitrogens with one attached hydrogen (secondary N) is 2. The van der Waals surface area contributed by atoms with E-state index in [0.29, 0.717) is 34.9 Å². The van der Waals surface area contributed by atoms with Crippen LogP contribution in [0.25, 0.3) is 17.1 Å². The molecule has 2 amide bonds. The van der Waals surface area contributed by atoms with E-state index in [4.69, 9.17) is 16.7 Å². The van der Waals surface area contributed by atoms with E-state index in [1.54, 1.807) is 72.8 Å². The van der Waals surface area contributed by atoms with Gasteiger partial charge in [0.1, 0.15) is 23.0 Å². The Bertz CT molecular complexity index is 2870. The molecule has 6 aromatic rings. The molecule has 20 heteroatoms. The number of nitrogens with zero attached hydrogens (tertiary/aromatic N) is 7. The average Bonchev–Trinajstić information content (AvgIpc) is 3.58. The van der Waals surface area contributed by atoms with Gasteiger partial charge in [0.05, 0.1) is 22.0 Å². The van der Waals surface area contributed by atoms with Gasteiger partial charge in [-0.1, -0.05) is 48.0 Å². The fourth-order valence-electron chi connectivity index (χ4n) is 5.96. The molecule has 0 unspecified atom stereocenters. The third kappa shape index (κ3) is 10.6. The molecule has 0 aliphatic carbocycles. The highest BCUT2D eigenvalue weighted by Crippen LogP contribution is 2.38. The summed E-state index contributed by atoms with van der Waals surface area (Å²) in [6, 6.07) is 30.6. The van der Waals surface area contributed by atoms with Crippen LogP contribution in [0.2, 0.25) is 5.02 Å². The lowest BCUT2D eigenvalue weighted by Crippen LogP contribution is -2.19. The number of benzene rings is 4. The summed E-state index contributed by atoms with van der Waals surface area (Å²) in [5.41, 5.74) is 2.43. The summed E-state index contributed by atoms with van der Waals surface area (Å²) in [7, 11) is -8.76. The van der Waals surface area contributed by atoms with Gasteiger partial charge in [0.25, 0.3) is 26.1 Å². The Kier molecular flexibility index (Phi) is 13.1. The molecule has 4 N–H and O–H groups in total. The van der Waals surface area contributed by atoms with E-state index in [0.717, 1.165) is 12.1 Å². The lowest BCUT2D eigenvalue weighted by Gasteiger charge is -2.26. The van der Waals surface area contributed by atoms with Gasteiger partial charge in [-0.3, -0.25) is 18.7 Å². The van der Waals surface area contributed by atoms with Crippen LogP contribution in [0.5, 0.6) is 0 Å². The highest BCUT2D eigenvalue weighted by atomic mass is 35.5. The first kappa shape index (κ1) is 42.8. The number of halogens is 1. The zero-order chi connectivity index (χ0) is 43.0. The van der Waals surface area contributed by atoms with Gasteiger partial charge in [-0.05, 0) is 85.6 Å². The van der Waals surface area contributed by atoms with Gasteiger partial charge in [0, 0.05) is 47.2 Å². The average molecular weight is 868 g/mol. The Morgan fingerprint density at radius 3 is 2.27 bits per heavy atom. The van der Waals surface area contributed by atoms with Crippen LogP contribution < -0.4 is 15.5 Å². The SMILES string of the molecule is CC(=O)Nc1cc(N(CCCCS(=O)(=O)O)c2ccc(Cl)cc2)ccc1N=Nc1c(C#N)c(-c2ccccc2)nn1-c1ncccc1NC(=O)c1cccc(S(=O)(=O)O)c1. The second-order valence-electron chi connectivity index (χ2n) is 13.0. The summed E-state index contributed by atoms with van der Waals surface area (Å²) in [5, 5.41) is 30.1. The largest absolute Gasteiger partial charge is 0.341 e. The van der Waals surface area contributed by atoms with E-state index in [-0.39, 0.29) is 51.9 Å². The molecule has 0 aliphatic heterocycles. The molecule has 4 aromatic carbocycles. The smallest absolute Gasteiger partial charge is 0.294 e. The first-order chi connectivity index (χ1) is 28.6. The molecule has 0 fully saturated rings. The summed E-state index contributed by atoms with van der Waals surface area (Å²) >= 11 is 6.15. The van der Waals surface area contributed by atoms with Crippen LogP contribution in [0, 0.1) is 11.3 Å². The molecule has 0 aliphatic rings. The molecule has 0 atom stereocenters. The minimum Gasteiger partial charge on any atom is -0.341 e. The van der Waals surface area contributed by atoms with Gasteiger partial charge in [0.2, 0.25) is 5.91 Å². The van der Waals surface area contributed by atoms with Crippen LogP contribution >= 0.6 is 11.6 Å². The van der Waals surface area contributed by atoms with E-state index in [9.17, 15) is 40.8 Å². The molecule has 306 valence electrons. The number of anilines is 4. The minimum atomic E-state index is -4.61. The molecule has 17 nitrogen and oxygen atoms in total. The topological polar surface area (TPSA) is 249 Å². The van der Waals surface area contributed by atoms with E-state index < -0.39 is 42.7 Å². The molecule has 0 saturated carbocycles. The summed E-state index contributed by atoms with van der Waals surface area (Å²) < 4.78 is 66.2. The zero-order valence-electron chi connectivity index (χ0n) is 31.5. The quantitative estimate of drug-likeness (QED) is 0.0434. The number of azo groups is 1. The second kappa shape index (κ2) is 18.4. The van der Waals surface area contributed by atoms with Crippen molar-refractivity contribution in [3.63, 3.8) is 0 Å². The van der Waals surface area contributed by atoms with Crippen LogP contribution in [-0.4, -0.2) is 64.8 Å². The third-order valence-corrected chi connectivity index (χ3v) is 10.6. The number of carbonyl (C=O) groups is 2. The number of nitriles is 1. The van der Waals surface area contributed by atoms with Gasteiger partial charge >= 0.3 is 0 Å². The second-order valence-corrected chi connectivity index (χ2v) is 16.4. The van der Waals surface area contributed by atoms with Crippen molar-refractivity contribution in [1.82, 2.24) is 14.8 Å². The number of aromatic nitrogens is 3. The maximum atomic E-state index is 13.4. The van der Waals surface area contributed by atoms with Gasteiger partial charge < -0.3 is 15.5 Å². The van der Waals surface area contributed by atoms with Crippen molar-refractivity contribution in [2.45, 2.75) is 24.7 Å². The fraction of sp³-hybridized carbons (Fsp3) is 0.125. The Morgan fingerprint density at radius 2 is 1.58 bits per heavy atom. The number of carbonyl (C=O) groups excluding carboxylic acids is 2. The molecular weight excluding hydrogens is 834 g/mol. The summed E-state index contributed by atoms with van der Waals surface area (Å²) in [6.07, 6.45) is 1.97. The Hall–Kier alpha value is -6.82. The van der Waals surface area contributed by atoms with Crippen molar-refractivity contribution in [2.75, 3.05) is 27.8 Å². The van der Waals surface area contributed by atoms with Crippen molar-refractivity contribution in [3.05, 3.63) is 132 Å². The van der Waals surface area contributed by atoms with Crippen LogP contribution in [0.1, 0.15) is 35.7 Å². The molecule has 2 aromatic heterocycles. The number of rotatable bonds is 15. The summed E-state index contributed by atoms with van der Waals surface area (Å²) in [5.74, 6) is -1.68. The molecule has 2 heterocycles. The third-order valence-electron chi connectivity index (χ3n) is 8.68. The molecular formula is C40H34ClN9O8S2. The maximum absolute atomic E-state index is 13.4. The van der Waals surface area contributed by atoms with Crippen LogP contribution in [0.15, 0.2) is 131 Å². The molecule has 60 heavy (non-hydrogen) atoms. The van der Waals surface area contributed by atoms with Gasteiger partial charge in [-0.25, -0.2) is 4.98 Å². The highest BCUT2D eigenvalue weighted by Gasteiger charge is 2.24. The summed E-state index contributed by atoms with van der Waals surface area (Å²) in [6.45, 7) is 1.63. The van der Waals surface area contributed by atoms with Gasteiger partial charge in [-0.2, -0.15) is 31.9 Å². The van der Waals surface area contributed by atoms with Crippen molar-refractivity contribution in [1.29, 1.82) is 5.26 Å². The first-order valence-corrected chi connectivity index (χ1v) is 21.3. The summed E-state index contributed by atoms with van der Waals surface area (Å²) in [4.78, 5) is 31.7. The van der Waals surface area contributed by atoms with Crippen molar-refractivity contribution >= 4 is 77.9 Å². The van der Waals surface area contributed by atoms with Crippen molar-refractivity contribution in [2.24, 2.45) is 10.2 Å². The Balaban J connectivity index is 1.43. The number of hydrogen-bond acceptors (Lipinski definition) is 12. The monoisotopic (exact) mass is 867 g/mol. The highest BCUT2D eigenvalue weighted by molar-refractivity contribution is 7.86. The van der Waals surface area contributed by atoms with Crippen molar-refractivity contribution < 1.29 is 35.5 Å². The zero-order valence-corrected chi connectivity index (χ0v) is 33.9. The Morgan fingerprint density at radius 1 is 0.850 bits per heavy atom. The van der Waals surface area contributed by atoms with Crippen LogP contribution in [-0.2, 0) is 25.0 Å². The van der Waals surface area contributed by atoms with Crippen LogP contribution in [0.4, 0.5) is 34.3 Å². The fourth-order valence-corrected chi connectivity index (χ4v) is 7.18. The number of amides is 2. The number of hydrogen-bond donors (Lipinski definition) is 4. The van der Waals surface area contributed by atoms with Gasteiger partial charge in [0.15, 0.2) is 11.6 Å². The lowest BCUT2D eigenvalue weighted by atomic mass is 10.1. The minimum absolute atomic E-state index is 0.00875. The molecule has 0 spiro atoms. The maximum Gasteiger partial charge on any atom is 0.294 e.